The predicted molar refractivity (Wildman–Crippen MR) is 74.7 cm³/mol. The standard InChI is InChI=1S/C14H11FN2O2S/c15-12-3-1-11(10(7-12)2-4-14(18)19)8-20-13-5-6-16-9-17-13/h1-7,9H,8H2,(H,18,19). The Morgan fingerprint density at radius 2 is 2.25 bits per heavy atom. The molecule has 0 fully saturated rings. The summed E-state index contributed by atoms with van der Waals surface area (Å²) < 4.78 is 13.2. The quantitative estimate of drug-likeness (QED) is 0.521. The minimum absolute atomic E-state index is 0.397. The number of aliphatic carboxylic acids is 1. The number of halogens is 1. The first-order valence-corrected chi connectivity index (χ1v) is 6.72. The van der Waals surface area contributed by atoms with E-state index in [4.69, 9.17) is 5.11 Å². The average molecular weight is 290 g/mol. The molecular formula is C14H11FN2O2S. The molecule has 2 aromatic rings. The zero-order valence-electron chi connectivity index (χ0n) is 10.4. The second kappa shape index (κ2) is 6.81. The highest BCUT2D eigenvalue weighted by Gasteiger charge is 2.04. The van der Waals surface area contributed by atoms with Gasteiger partial charge in [0.15, 0.2) is 0 Å². The molecule has 0 saturated heterocycles. The maximum Gasteiger partial charge on any atom is 0.328 e. The van der Waals surface area contributed by atoms with Gasteiger partial charge in [0.25, 0.3) is 0 Å². The van der Waals surface area contributed by atoms with Crippen molar-refractivity contribution in [2.75, 3.05) is 0 Å². The maximum absolute atomic E-state index is 13.2. The maximum atomic E-state index is 13.2. The van der Waals surface area contributed by atoms with Gasteiger partial charge in [0, 0.05) is 18.0 Å². The van der Waals surface area contributed by atoms with Crippen molar-refractivity contribution in [3.63, 3.8) is 0 Å². The average Bonchev–Trinajstić information content (AvgIpc) is 2.45. The number of thioether (sulfide) groups is 1. The number of benzene rings is 1. The molecule has 0 saturated carbocycles. The molecule has 0 atom stereocenters. The van der Waals surface area contributed by atoms with Crippen molar-refractivity contribution >= 4 is 23.8 Å². The molecule has 0 aliphatic heterocycles. The Labute approximate surface area is 119 Å². The molecule has 0 spiro atoms. The molecule has 4 nitrogen and oxygen atoms in total. The number of rotatable bonds is 5. The molecule has 0 aliphatic rings. The fourth-order valence-electron chi connectivity index (χ4n) is 1.53. The number of hydrogen-bond donors (Lipinski definition) is 1. The summed E-state index contributed by atoms with van der Waals surface area (Å²) >= 11 is 1.47. The monoisotopic (exact) mass is 290 g/mol. The largest absolute Gasteiger partial charge is 0.478 e. The molecule has 0 aliphatic carbocycles. The Balaban J connectivity index is 2.16. The minimum atomic E-state index is -1.07. The van der Waals surface area contributed by atoms with Crippen LogP contribution in [-0.2, 0) is 10.5 Å². The van der Waals surface area contributed by atoms with Crippen LogP contribution in [0.25, 0.3) is 6.08 Å². The van der Waals surface area contributed by atoms with Crippen molar-refractivity contribution in [2.45, 2.75) is 10.8 Å². The smallest absolute Gasteiger partial charge is 0.328 e. The molecule has 0 radical (unpaired) electrons. The summed E-state index contributed by atoms with van der Waals surface area (Å²) in [6.07, 6.45) is 5.48. The van der Waals surface area contributed by atoms with E-state index in [-0.39, 0.29) is 0 Å². The Morgan fingerprint density at radius 1 is 1.40 bits per heavy atom. The molecule has 102 valence electrons. The summed E-state index contributed by atoms with van der Waals surface area (Å²) in [6.45, 7) is 0. The van der Waals surface area contributed by atoms with Crippen LogP contribution >= 0.6 is 11.8 Å². The van der Waals surface area contributed by atoms with Crippen LogP contribution in [0.4, 0.5) is 4.39 Å². The lowest BCUT2D eigenvalue weighted by Gasteiger charge is -2.05. The van der Waals surface area contributed by atoms with Crippen LogP contribution in [0.1, 0.15) is 11.1 Å². The Hall–Kier alpha value is -2.21. The van der Waals surface area contributed by atoms with Gasteiger partial charge in [-0.2, -0.15) is 0 Å². The van der Waals surface area contributed by atoms with Gasteiger partial charge in [-0.1, -0.05) is 6.07 Å². The molecule has 1 N–H and O–H groups in total. The first kappa shape index (κ1) is 14.2. The van der Waals surface area contributed by atoms with E-state index in [0.29, 0.717) is 11.3 Å². The number of carboxylic acids is 1. The van der Waals surface area contributed by atoms with Crippen LogP contribution in [0.3, 0.4) is 0 Å². The molecular weight excluding hydrogens is 279 g/mol. The first-order chi connectivity index (χ1) is 9.65. The molecule has 0 amide bonds. The van der Waals surface area contributed by atoms with Crippen molar-refractivity contribution in [3.05, 3.63) is 59.8 Å². The van der Waals surface area contributed by atoms with Crippen LogP contribution in [0.2, 0.25) is 0 Å². The third-order valence-electron chi connectivity index (χ3n) is 2.44. The summed E-state index contributed by atoms with van der Waals surface area (Å²) in [6, 6.07) is 6.09. The summed E-state index contributed by atoms with van der Waals surface area (Å²) in [5, 5.41) is 9.44. The minimum Gasteiger partial charge on any atom is -0.478 e. The van der Waals surface area contributed by atoms with Crippen molar-refractivity contribution in [3.8, 4) is 0 Å². The number of nitrogens with zero attached hydrogens (tertiary/aromatic N) is 2. The number of aromatic nitrogens is 2. The van der Waals surface area contributed by atoms with Crippen molar-refractivity contribution in [2.24, 2.45) is 0 Å². The number of hydrogen-bond acceptors (Lipinski definition) is 4. The SMILES string of the molecule is O=C(O)C=Cc1cc(F)ccc1CSc1ccncn1. The van der Waals surface area contributed by atoms with E-state index in [1.165, 1.54) is 36.3 Å². The van der Waals surface area contributed by atoms with E-state index in [0.717, 1.165) is 16.7 Å². The molecule has 20 heavy (non-hydrogen) atoms. The van der Waals surface area contributed by atoms with E-state index >= 15 is 0 Å². The van der Waals surface area contributed by atoms with Crippen molar-refractivity contribution < 1.29 is 14.3 Å². The van der Waals surface area contributed by atoms with Crippen LogP contribution in [-0.4, -0.2) is 21.0 Å². The lowest BCUT2D eigenvalue weighted by atomic mass is 10.1. The van der Waals surface area contributed by atoms with E-state index < -0.39 is 11.8 Å². The fourth-order valence-corrected chi connectivity index (χ4v) is 2.37. The Kier molecular flexibility index (Phi) is 4.84. The Bertz CT molecular complexity index is 632. The summed E-state index contributed by atoms with van der Waals surface area (Å²) in [5.74, 6) is -0.897. The highest BCUT2D eigenvalue weighted by Crippen LogP contribution is 2.23. The molecule has 0 unspecified atom stereocenters. The normalized spacial score (nSPS) is 10.8. The molecule has 6 heteroatoms. The van der Waals surface area contributed by atoms with E-state index in [1.807, 2.05) is 0 Å². The van der Waals surface area contributed by atoms with Crippen LogP contribution in [0.15, 0.2) is 47.9 Å². The zero-order chi connectivity index (χ0) is 14.4. The molecule has 2 rings (SSSR count). The van der Waals surface area contributed by atoms with Gasteiger partial charge in [-0.25, -0.2) is 19.2 Å². The summed E-state index contributed by atoms with van der Waals surface area (Å²) in [7, 11) is 0. The first-order valence-electron chi connectivity index (χ1n) is 5.73. The summed E-state index contributed by atoms with van der Waals surface area (Å²) in [5.41, 5.74) is 1.39. The molecule has 0 bridgehead atoms. The van der Waals surface area contributed by atoms with Gasteiger partial charge in [-0.3, -0.25) is 0 Å². The zero-order valence-corrected chi connectivity index (χ0v) is 11.2. The highest BCUT2D eigenvalue weighted by molar-refractivity contribution is 7.98. The molecule has 1 heterocycles. The number of carboxylic acid groups (broad SMARTS) is 1. The van der Waals surface area contributed by atoms with Gasteiger partial charge < -0.3 is 5.11 Å². The van der Waals surface area contributed by atoms with Gasteiger partial charge in [0.1, 0.15) is 12.1 Å². The van der Waals surface area contributed by atoms with Crippen LogP contribution in [0.5, 0.6) is 0 Å². The lowest BCUT2D eigenvalue weighted by molar-refractivity contribution is -0.131. The topological polar surface area (TPSA) is 63.1 Å². The molecule has 1 aromatic heterocycles. The van der Waals surface area contributed by atoms with E-state index in [9.17, 15) is 9.18 Å². The van der Waals surface area contributed by atoms with Gasteiger partial charge in [0.2, 0.25) is 0 Å². The van der Waals surface area contributed by atoms with Crippen molar-refractivity contribution in [1.29, 1.82) is 0 Å². The van der Waals surface area contributed by atoms with E-state index in [1.54, 1.807) is 18.3 Å². The van der Waals surface area contributed by atoms with Gasteiger partial charge in [-0.15, -0.1) is 11.8 Å². The highest BCUT2D eigenvalue weighted by atomic mass is 32.2. The Morgan fingerprint density at radius 3 is 2.95 bits per heavy atom. The number of carbonyl (C=O) groups is 1. The second-order valence-corrected chi connectivity index (χ2v) is 4.85. The predicted octanol–water partition coefficient (Wildman–Crippen LogP) is 3.01. The van der Waals surface area contributed by atoms with Crippen LogP contribution in [0, 0.1) is 5.82 Å². The second-order valence-electron chi connectivity index (χ2n) is 3.85. The fraction of sp³-hybridized carbons (Fsp3) is 0.0714. The lowest BCUT2D eigenvalue weighted by Crippen LogP contribution is -1.91. The summed E-state index contributed by atoms with van der Waals surface area (Å²) in [4.78, 5) is 18.5. The molecule has 1 aromatic carbocycles. The third kappa shape index (κ3) is 4.17. The van der Waals surface area contributed by atoms with Crippen molar-refractivity contribution in [1.82, 2.24) is 9.97 Å². The van der Waals surface area contributed by atoms with Gasteiger partial charge in [-0.05, 0) is 35.4 Å². The van der Waals surface area contributed by atoms with Gasteiger partial charge in [0.05, 0.1) is 5.03 Å². The van der Waals surface area contributed by atoms with Gasteiger partial charge >= 0.3 is 5.97 Å². The van der Waals surface area contributed by atoms with E-state index in [2.05, 4.69) is 9.97 Å². The van der Waals surface area contributed by atoms with Crippen LogP contribution < -0.4 is 0 Å². The third-order valence-corrected chi connectivity index (χ3v) is 3.44.